The van der Waals surface area contributed by atoms with Crippen molar-refractivity contribution in [3.05, 3.63) is 54.0 Å². The first-order valence-corrected chi connectivity index (χ1v) is 11.6. The number of nitrogens with one attached hydrogen (secondary N) is 2. The molecule has 1 heterocycles. The molecule has 30 heavy (non-hydrogen) atoms. The van der Waals surface area contributed by atoms with Crippen LogP contribution >= 0.6 is 15.9 Å². The molecule has 4 saturated carbocycles. The van der Waals surface area contributed by atoms with Gasteiger partial charge in [-0.1, -0.05) is 28.1 Å². The van der Waals surface area contributed by atoms with Crippen molar-refractivity contribution in [1.82, 2.24) is 5.32 Å². The van der Waals surface area contributed by atoms with Crippen molar-refractivity contribution in [1.29, 1.82) is 0 Å². The van der Waals surface area contributed by atoms with Crippen molar-refractivity contribution in [2.45, 2.75) is 55.8 Å². The molecular formula is C24H27BrN2O3. The van der Waals surface area contributed by atoms with Gasteiger partial charge in [0.1, 0.15) is 0 Å². The minimum absolute atomic E-state index is 0.156. The van der Waals surface area contributed by atoms with Gasteiger partial charge in [0, 0.05) is 23.0 Å². The number of alkyl halides is 1. The predicted molar refractivity (Wildman–Crippen MR) is 118 cm³/mol. The minimum atomic E-state index is -0.277. The van der Waals surface area contributed by atoms with Gasteiger partial charge in [0.2, 0.25) is 5.91 Å². The van der Waals surface area contributed by atoms with E-state index >= 15 is 0 Å². The fourth-order valence-electron chi connectivity index (χ4n) is 6.45. The van der Waals surface area contributed by atoms with Crippen LogP contribution < -0.4 is 10.6 Å². The first-order chi connectivity index (χ1) is 14.4. The Balaban J connectivity index is 1.14. The highest BCUT2D eigenvalue weighted by Gasteiger charge is 2.57. The summed E-state index contributed by atoms with van der Waals surface area (Å²) in [7, 11) is 0. The molecule has 4 fully saturated rings. The van der Waals surface area contributed by atoms with Crippen LogP contribution in [-0.4, -0.2) is 16.1 Å². The molecule has 5 nitrogen and oxygen atoms in total. The number of hydrogen-bond acceptors (Lipinski definition) is 3. The lowest BCUT2D eigenvalue weighted by molar-refractivity contribution is -0.128. The summed E-state index contributed by atoms with van der Waals surface area (Å²) in [6.07, 6.45) is 9.63. The quantitative estimate of drug-likeness (QED) is 0.564. The average molecular weight is 471 g/mol. The maximum Gasteiger partial charge on any atom is 0.291 e. The monoisotopic (exact) mass is 470 g/mol. The van der Waals surface area contributed by atoms with Gasteiger partial charge in [-0.2, -0.15) is 0 Å². The molecule has 6 heteroatoms. The van der Waals surface area contributed by atoms with Crippen LogP contribution in [0.5, 0.6) is 0 Å². The molecule has 4 bridgehead atoms. The molecule has 1 aromatic heterocycles. The number of benzene rings is 1. The Morgan fingerprint density at radius 3 is 2.43 bits per heavy atom. The zero-order valence-corrected chi connectivity index (χ0v) is 18.5. The van der Waals surface area contributed by atoms with Crippen molar-refractivity contribution in [2.75, 3.05) is 5.32 Å². The topological polar surface area (TPSA) is 71.3 Å². The van der Waals surface area contributed by atoms with E-state index in [0.29, 0.717) is 18.7 Å². The van der Waals surface area contributed by atoms with Gasteiger partial charge in [-0.25, -0.2) is 0 Å². The first-order valence-electron chi connectivity index (χ1n) is 10.8. The van der Waals surface area contributed by atoms with Crippen LogP contribution in [0.1, 0.15) is 61.1 Å². The van der Waals surface area contributed by atoms with E-state index in [-0.39, 0.29) is 27.3 Å². The van der Waals surface area contributed by atoms with Gasteiger partial charge in [0.15, 0.2) is 5.76 Å². The molecule has 2 aromatic rings. The highest BCUT2D eigenvalue weighted by Crippen LogP contribution is 2.65. The molecule has 2 atom stereocenters. The van der Waals surface area contributed by atoms with E-state index in [0.717, 1.165) is 23.8 Å². The molecule has 6 rings (SSSR count). The number of anilines is 1. The normalized spacial score (nSPS) is 31.5. The van der Waals surface area contributed by atoms with Crippen molar-refractivity contribution in [3.63, 3.8) is 0 Å². The Morgan fingerprint density at radius 1 is 1.07 bits per heavy atom. The van der Waals surface area contributed by atoms with E-state index in [1.807, 2.05) is 24.3 Å². The lowest BCUT2D eigenvalue weighted by Gasteiger charge is -2.60. The van der Waals surface area contributed by atoms with E-state index in [2.05, 4.69) is 26.6 Å². The molecular weight excluding hydrogens is 444 g/mol. The lowest BCUT2D eigenvalue weighted by atomic mass is 9.48. The molecule has 0 saturated heterocycles. The third kappa shape index (κ3) is 4.07. The van der Waals surface area contributed by atoms with Crippen LogP contribution in [0, 0.1) is 17.3 Å². The Hall–Kier alpha value is -2.08. The van der Waals surface area contributed by atoms with E-state index in [1.54, 1.807) is 12.1 Å². The van der Waals surface area contributed by atoms with Crippen LogP contribution in [0.2, 0.25) is 0 Å². The number of furan rings is 1. The van der Waals surface area contributed by atoms with Crippen molar-refractivity contribution < 1.29 is 14.0 Å². The second kappa shape index (κ2) is 7.56. The third-order valence-electron chi connectivity index (χ3n) is 7.09. The summed E-state index contributed by atoms with van der Waals surface area (Å²) in [6.45, 7) is 0.508. The van der Waals surface area contributed by atoms with Gasteiger partial charge < -0.3 is 15.1 Å². The Kier molecular flexibility index (Phi) is 5.00. The Bertz CT molecular complexity index is 924. The van der Waals surface area contributed by atoms with E-state index in [1.165, 1.54) is 38.4 Å². The Labute approximate surface area is 185 Å². The molecule has 0 radical (unpaired) electrons. The van der Waals surface area contributed by atoms with Crippen LogP contribution in [0.25, 0.3) is 0 Å². The highest BCUT2D eigenvalue weighted by molar-refractivity contribution is 9.10. The van der Waals surface area contributed by atoms with Crippen molar-refractivity contribution >= 4 is 33.4 Å². The number of rotatable bonds is 6. The second-order valence-corrected chi connectivity index (χ2v) is 11.4. The number of halogens is 1. The number of amides is 2. The van der Waals surface area contributed by atoms with Crippen LogP contribution in [0.15, 0.2) is 47.1 Å². The first kappa shape index (κ1) is 19.9. The summed E-state index contributed by atoms with van der Waals surface area (Å²) in [6, 6.07) is 10.8. The van der Waals surface area contributed by atoms with E-state index in [9.17, 15) is 9.59 Å². The van der Waals surface area contributed by atoms with Gasteiger partial charge in [-0.15, -0.1) is 0 Å². The molecule has 4 aliphatic rings. The molecule has 158 valence electrons. The lowest BCUT2D eigenvalue weighted by Crippen LogP contribution is -2.54. The molecule has 2 unspecified atom stereocenters. The summed E-state index contributed by atoms with van der Waals surface area (Å²) in [5.74, 6) is 1.75. The molecule has 0 aliphatic heterocycles. The zero-order chi connectivity index (χ0) is 20.8. The molecule has 2 N–H and O–H groups in total. The summed E-state index contributed by atoms with van der Waals surface area (Å²) in [5, 5.41) is 5.91. The maximum atomic E-state index is 12.8. The van der Waals surface area contributed by atoms with Gasteiger partial charge >= 0.3 is 0 Å². The summed E-state index contributed by atoms with van der Waals surface area (Å²) in [4.78, 5) is 24.8. The van der Waals surface area contributed by atoms with E-state index < -0.39 is 0 Å². The van der Waals surface area contributed by atoms with E-state index in [4.69, 9.17) is 4.42 Å². The highest BCUT2D eigenvalue weighted by atomic mass is 79.9. The summed E-state index contributed by atoms with van der Waals surface area (Å²) in [5.41, 5.74) is 1.90. The van der Waals surface area contributed by atoms with Crippen LogP contribution in [0.4, 0.5) is 5.69 Å². The number of carbonyl (C=O) groups excluding carboxylic acids is 2. The minimum Gasteiger partial charge on any atom is -0.459 e. The largest absolute Gasteiger partial charge is 0.459 e. The second-order valence-electron chi connectivity index (χ2n) is 9.69. The zero-order valence-electron chi connectivity index (χ0n) is 17.0. The summed E-state index contributed by atoms with van der Waals surface area (Å²) >= 11 is 4.03. The molecule has 0 spiro atoms. The number of hydrogen-bond donors (Lipinski definition) is 2. The smallest absolute Gasteiger partial charge is 0.291 e. The van der Waals surface area contributed by atoms with Gasteiger partial charge in [-0.05, 0) is 85.6 Å². The third-order valence-corrected chi connectivity index (χ3v) is 8.02. The molecule has 2 amide bonds. The Morgan fingerprint density at radius 2 is 1.80 bits per heavy atom. The standard InChI is InChI=1S/C24H27BrN2O3/c25-24-11-17-8-18(12-24)10-23(9-17,15-24)13-21(28)26-14-16-3-5-19(6-4-16)27-22(29)20-2-1-7-30-20/h1-7,17-18H,8-15H2,(H,26,28)(H,27,29). The van der Waals surface area contributed by atoms with Crippen molar-refractivity contribution in [2.24, 2.45) is 17.3 Å². The predicted octanol–water partition coefficient (Wildman–Crippen LogP) is 5.27. The summed E-state index contributed by atoms with van der Waals surface area (Å²) < 4.78 is 5.38. The fraction of sp³-hybridized carbons (Fsp3) is 0.500. The van der Waals surface area contributed by atoms with Crippen LogP contribution in [-0.2, 0) is 11.3 Å². The number of carbonyl (C=O) groups is 2. The van der Waals surface area contributed by atoms with Gasteiger partial charge in [-0.3, -0.25) is 9.59 Å². The van der Waals surface area contributed by atoms with Gasteiger partial charge in [0.05, 0.1) is 6.26 Å². The van der Waals surface area contributed by atoms with Crippen molar-refractivity contribution in [3.8, 4) is 0 Å². The fourth-order valence-corrected chi connectivity index (χ4v) is 7.96. The maximum absolute atomic E-state index is 12.8. The van der Waals surface area contributed by atoms with Crippen LogP contribution in [0.3, 0.4) is 0 Å². The molecule has 4 aliphatic carbocycles. The average Bonchev–Trinajstić information content (AvgIpc) is 3.20. The SMILES string of the molecule is O=C(CC12CC3CC(CC(Br)(C3)C1)C2)NCc1ccc(NC(=O)c2ccco2)cc1. The molecule has 1 aromatic carbocycles. The van der Waals surface area contributed by atoms with Gasteiger partial charge in [0.25, 0.3) is 5.91 Å².